The lowest BCUT2D eigenvalue weighted by molar-refractivity contribution is -0.132. The molecule has 4 nitrogen and oxygen atoms in total. The standard InChI is InChI=1S/C21H23ClO4/c1-4-16-5-7-20(25-14(2)23)18(11-16)13-19-12-17(9-10-22)6-8-21(19)26-15(3)24/h5-8,11-12H,4,9-10,13H2,1-3H3. The number of hydrogen-bond donors (Lipinski definition) is 0. The van der Waals surface area contributed by atoms with Crippen LogP contribution in [0.1, 0.15) is 43.0 Å². The van der Waals surface area contributed by atoms with Gasteiger partial charge in [-0.25, -0.2) is 0 Å². The van der Waals surface area contributed by atoms with Crippen LogP contribution in [0.5, 0.6) is 11.5 Å². The van der Waals surface area contributed by atoms with E-state index in [-0.39, 0.29) is 11.9 Å². The minimum absolute atomic E-state index is 0.369. The fourth-order valence-corrected chi connectivity index (χ4v) is 2.96. The summed E-state index contributed by atoms with van der Waals surface area (Å²) in [7, 11) is 0. The van der Waals surface area contributed by atoms with Crippen molar-refractivity contribution in [2.24, 2.45) is 0 Å². The summed E-state index contributed by atoms with van der Waals surface area (Å²) in [6, 6.07) is 11.4. The van der Waals surface area contributed by atoms with Crippen molar-refractivity contribution in [2.75, 3.05) is 5.88 Å². The van der Waals surface area contributed by atoms with E-state index in [0.29, 0.717) is 23.8 Å². The van der Waals surface area contributed by atoms with Gasteiger partial charge in [-0.15, -0.1) is 11.6 Å². The largest absolute Gasteiger partial charge is 0.426 e. The van der Waals surface area contributed by atoms with Gasteiger partial charge in [0.1, 0.15) is 11.5 Å². The molecular formula is C21H23ClO4. The zero-order chi connectivity index (χ0) is 19.1. The molecule has 0 saturated heterocycles. The predicted octanol–water partition coefficient (Wildman–Crippen LogP) is 4.47. The number of alkyl halides is 1. The number of carbonyl (C=O) groups excluding carboxylic acids is 2. The van der Waals surface area contributed by atoms with Crippen molar-refractivity contribution in [3.63, 3.8) is 0 Å². The molecule has 2 aromatic carbocycles. The number of hydrogen-bond acceptors (Lipinski definition) is 4. The maximum atomic E-state index is 11.4. The molecule has 0 radical (unpaired) electrons. The molecule has 0 aliphatic heterocycles. The smallest absolute Gasteiger partial charge is 0.308 e. The van der Waals surface area contributed by atoms with Crippen LogP contribution in [0.3, 0.4) is 0 Å². The fraction of sp³-hybridized carbons (Fsp3) is 0.333. The molecule has 138 valence electrons. The summed E-state index contributed by atoms with van der Waals surface area (Å²) in [4.78, 5) is 22.8. The summed E-state index contributed by atoms with van der Waals surface area (Å²) >= 11 is 5.85. The van der Waals surface area contributed by atoms with Crippen LogP contribution < -0.4 is 9.47 Å². The van der Waals surface area contributed by atoms with Crippen LogP contribution >= 0.6 is 11.6 Å². The molecule has 26 heavy (non-hydrogen) atoms. The molecule has 5 heteroatoms. The maximum absolute atomic E-state index is 11.4. The zero-order valence-electron chi connectivity index (χ0n) is 15.3. The fourth-order valence-electron chi connectivity index (χ4n) is 2.74. The van der Waals surface area contributed by atoms with Crippen LogP contribution in [0.4, 0.5) is 0 Å². The number of halogens is 1. The van der Waals surface area contributed by atoms with Crippen molar-refractivity contribution in [1.82, 2.24) is 0 Å². The van der Waals surface area contributed by atoms with Crippen molar-refractivity contribution < 1.29 is 19.1 Å². The first-order valence-corrected chi connectivity index (χ1v) is 9.12. The third kappa shape index (κ3) is 5.60. The molecule has 0 unspecified atom stereocenters. The molecule has 0 saturated carbocycles. The Morgan fingerprint density at radius 2 is 1.38 bits per heavy atom. The minimum atomic E-state index is -0.376. The first-order valence-electron chi connectivity index (χ1n) is 8.59. The van der Waals surface area contributed by atoms with Crippen LogP contribution in [0.25, 0.3) is 0 Å². The zero-order valence-corrected chi connectivity index (χ0v) is 16.1. The normalized spacial score (nSPS) is 10.5. The van der Waals surface area contributed by atoms with E-state index >= 15 is 0 Å². The van der Waals surface area contributed by atoms with Crippen molar-refractivity contribution in [2.45, 2.75) is 40.0 Å². The van der Waals surface area contributed by atoms with Crippen LogP contribution in [0.2, 0.25) is 0 Å². The second-order valence-electron chi connectivity index (χ2n) is 6.04. The molecule has 0 aromatic heterocycles. The van der Waals surface area contributed by atoms with Gasteiger partial charge in [0, 0.05) is 26.1 Å². The number of carbonyl (C=O) groups is 2. The summed E-state index contributed by atoms with van der Waals surface area (Å²) in [6.07, 6.45) is 2.08. The summed E-state index contributed by atoms with van der Waals surface area (Å²) in [5.74, 6) is 0.791. The minimum Gasteiger partial charge on any atom is -0.426 e. The molecule has 0 spiro atoms. The van der Waals surface area contributed by atoms with Gasteiger partial charge in [0.25, 0.3) is 0 Å². The molecule has 0 heterocycles. The van der Waals surface area contributed by atoms with Crippen LogP contribution in [0, 0.1) is 0 Å². The summed E-state index contributed by atoms with van der Waals surface area (Å²) in [5.41, 5.74) is 3.92. The van der Waals surface area contributed by atoms with Crippen molar-refractivity contribution in [3.8, 4) is 11.5 Å². The van der Waals surface area contributed by atoms with E-state index < -0.39 is 0 Å². The molecule has 0 atom stereocenters. The Morgan fingerprint density at radius 3 is 1.85 bits per heavy atom. The lowest BCUT2D eigenvalue weighted by atomic mass is 9.98. The first kappa shape index (κ1) is 20.0. The molecule has 0 aliphatic carbocycles. The van der Waals surface area contributed by atoms with Gasteiger partial charge in [0.15, 0.2) is 0 Å². The van der Waals surface area contributed by atoms with Crippen molar-refractivity contribution in [3.05, 3.63) is 58.7 Å². The number of benzene rings is 2. The molecule has 0 bridgehead atoms. The Bertz CT molecular complexity index is 799. The highest BCUT2D eigenvalue weighted by molar-refractivity contribution is 6.17. The number of ether oxygens (including phenoxy) is 2. The van der Waals surface area contributed by atoms with Gasteiger partial charge in [0.2, 0.25) is 0 Å². The third-order valence-corrected chi connectivity index (χ3v) is 4.12. The summed E-state index contributed by atoms with van der Waals surface area (Å²) in [5, 5.41) is 0. The van der Waals surface area contributed by atoms with E-state index in [1.54, 1.807) is 6.07 Å². The molecule has 0 aliphatic rings. The van der Waals surface area contributed by atoms with Crippen LogP contribution in [-0.2, 0) is 28.9 Å². The second-order valence-corrected chi connectivity index (χ2v) is 6.42. The lowest BCUT2D eigenvalue weighted by Crippen LogP contribution is -2.07. The molecule has 0 amide bonds. The van der Waals surface area contributed by atoms with E-state index in [0.717, 1.165) is 35.1 Å². The van der Waals surface area contributed by atoms with Gasteiger partial charge in [-0.3, -0.25) is 9.59 Å². The Kier molecular flexibility index (Phi) is 7.22. The molecule has 0 N–H and O–H groups in total. The van der Waals surface area contributed by atoms with Gasteiger partial charge in [-0.2, -0.15) is 0 Å². The number of esters is 2. The SMILES string of the molecule is CCc1ccc(OC(C)=O)c(Cc2cc(CCCl)ccc2OC(C)=O)c1. The van der Waals surface area contributed by atoms with Crippen LogP contribution in [-0.4, -0.2) is 17.8 Å². The molecule has 0 fully saturated rings. The lowest BCUT2D eigenvalue weighted by Gasteiger charge is -2.14. The number of aryl methyl sites for hydroxylation is 2. The Balaban J connectivity index is 2.45. The van der Waals surface area contributed by atoms with Crippen molar-refractivity contribution in [1.29, 1.82) is 0 Å². The Labute approximate surface area is 159 Å². The van der Waals surface area contributed by atoms with E-state index in [1.165, 1.54) is 13.8 Å². The summed E-state index contributed by atoms with van der Waals surface area (Å²) < 4.78 is 10.7. The maximum Gasteiger partial charge on any atom is 0.308 e. The third-order valence-electron chi connectivity index (χ3n) is 3.93. The highest BCUT2D eigenvalue weighted by atomic mass is 35.5. The van der Waals surface area contributed by atoms with E-state index in [4.69, 9.17) is 21.1 Å². The van der Waals surface area contributed by atoms with E-state index in [2.05, 4.69) is 6.92 Å². The first-order chi connectivity index (χ1) is 12.4. The van der Waals surface area contributed by atoms with Gasteiger partial charge in [-0.05, 0) is 47.2 Å². The quantitative estimate of drug-likeness (QED) is 0.407. The molecule has 2 rings (SSSR count). The van der Waals surface area contributed by atoms with Crippen molar-refractivity contribution >= 4 is 23.5 Å². The highest BCUT2D eigenvalue weighted by Gasteiger charge is 2.13. The number of rotatable bonds is 7. The summed E-state index contributed by atoms with van der Waals surface area (Å²) in [6.45, 7) is 4.82. The monoisotopic (exact) mass is 374 g/mol. The highest BCUT2D eigenvalue weighted by Crippen LogP contribution is 2.29. The Morgan fingerprint density at radius 1 is 0.885 bits per heavy atom. The van der Waals surface area contributed by atoms with Gasteiger partial charge in [-0.1, -0.05) is 31.2 Å². The van der Waals surface area contributed by atoms with Crippen LogP contribution in [0.15, 0.2) is 36.4 Å². The average Bonchev–Trinajstić information content (AvgIpc) is 2.58. The van der Waals surface area contributed by atoms with E-state index in [9.17, 15) is 9.59 Å². The topological polar surface area (TPSA) is 52.6 Å². The molecular weight excluding hydrogens is 352 g/mol. The average molecular weight is 375 g/mol. The predicted molar refractivity (Wildman–Crippen MR) is 102 cm³/mol. The molecule has 2 aromatic rings. The Hall–Kier alpha value is -2.33. The van der Waals surface area contributed by atoms with Gasteiger partial charge in [0.05, 0.1) is 0 Å². The van der Waals surface area contributed by atoms with Gasteiger partial charge >= 0.3 is 11.9 Å². The second kappa shape index (κ2) is 9.39. The van der Waals surface area contributed by atoms with E-state index in [1.807, 2.05) is 30.3 Å². The van der Waals surface area contributed by atoms with Gasteiger partial charge < -0.3 is 9.47 Å².